The van der Waals surface area contributed by atoms with Gasteiger partial charge in [0.1, 0.15) is 11.2 Å². The van der Waals surface area contributed by atoms with E-state index < -0.39 is 29.4 Å². The lowest BCUT2D eigenvalue weighted by Gasteiger charge is -2.19. The number of carboxylic acids is 1. The van der Waals surface area contributed by atoms with Crippen LogP contribution in [0.4, 0.5) is 9.59 Å². The molecule has 0 unspecified atom stereocenters. The maximum absolute atomic E-state index is 11.3. The van der Waals surface area contributed by atoms with E-state index in [2.05, 4.69) is 10.6 Å². The molecule has 2 atom stereocenters. The third kappa shape index (κ3) is 27.6. The molecule has 0 aliphatic carbocycles. The number of hydrogen-bond donors (Lipinski definition) is 4. The molecule has 0 heterocycles. The fraction of sp³-hybridized carbons (Fsp3) is 0.840. The maximum atomic E-state index is 11.3. The largest absolute Gasteiger partial charge is 0.481 e. The van der Waals surface area contributed by atoms with E-state index in [1.165, 1.54) is 0 Å². The second-order valence-corrected chi connectivity index (χ2v) is 10.4. The molecule has 0 fully saturated rings. The van der Waals surface area contributed by atoms with Gasteiger partial charge in [-0.05, 0) is 67.2 Å². The number of aliphatic carboxylic acids is 1. The standard InChI is InChI=1S/C12H24N2O3.C12H23NO4.CH4/c1-9(10(13)15)7-5-6-8-14-11(16)17-12(2,3)4;1-9(10(14)15)7-5-6-8-13-11(16)17-12(2,3)4;/h9H,5-8H2,1-4H3,(H2,13,15)(H,14,16);9H,5-8H2,1-4H3,(H,13,16)(H,14,15);1H4/t2*9-;/m00./s1. The lowest BCUT2D eigenvalue weighted by molar-refractivity contribution is -0.141. The molecule has 0 aromatic rings. The zero-order valence-corrected chi connectivity index (χ0v) is 22.3. The number of nitrogens with two attached hydrogens (primary N) is 1. The van der Waals surface area contributed by atoms with Crippen LogP contribution < -0.4 is 16.4 Å². The van der Waals surface area contributed by atoms with Gasteiger partial charge in [0.05, 0.1) is 5.92 Å². The van der Waals surface area contributed by atoms with E-state index in [1.807, 2.05) is 27.7 Å². The first-order valence-corrected chi connectivity index (χ1v) is 11.9. The predicted molar refractivity (Wildman–Crippen MR) is 138 cm³/mol. The number of rotatable bonds is 12. The van der Waals surface area contributed by atoms with Crippen molar-refractivity contribution in [2.24, 2.45) is 17.6 Å². The van der Waals surface area contributed by atoms with Gasteiger partial charge in [-0.1, -0.05) is 34.1 Å². The topological polar surface area (TPSA) is 157 Å². The summed E-state index contributed by atoms with van der Waals surface area (Å²) in [6.07, 6.45) is 3.78. The number of amides is 3. The molecule has 0 aliphatic heterocycles. The molecule has 10 nitrogen and oxygen atoms in total. The first-order valence-electron chi connectivity index (χ1n) is 11.9. The van der Waals surface area contributed by atoms with Crippen molar-refractivity contribution in [3.8, 4) is 0 Å². The summed E-state index contributed by atoms with van der Waals surface area (Å²) in [7, 11) is 0. The third-order valence-electron chi connectivity index (χ3n) is 4.37. The Morgan fingerprint density at radius 2 is 1.09 bits per heavy atom. The molecule has 3 amide bonds. The Hall–Kier alpha value is -2.52. The van der Waals surface area contributed by atoms with E-state index >= 15 is 0 Å². The Bertz CT molecular complexity index is 572. The normalized spacial score (nSPS) is 12.6. The summed E-state index contributed by atoms with van der Waals surface area (Å²) < 4.78 is 10.1. The van der Waals surface area contributed by atoms with E-state index in [9.17, 15) is 19.2 Å². The molecular weight excluding hydrogens is 454 g/mol. The average Bonchev–Trinajstić information content (AvgIpc) is 2.64. The van der Waals surface area contributed by atoms with Crippen molar-refractivity contribution in [1.29, 1.82) is 0 Å². The number of primary amides is 1. The monoisotopic (exact) mass is 505 g/mol. The minimum atomic E-state index is -0.773. The van der Waals surface area contributed by atoms with Gasteiger partial charge in [0.15, 0.2) is 0 Å². The molecule has 0 radical (unpaired) electrons. The molecule has 0 aromatic heterocycles. The highest BCUT2D eigenvalue weighted by atomic mass is 16.6. The van der Waals surface area contributed by atoms with Gasteiger partial charge in [-0.2, -0.15) is 0 Å². The van der Waals surface area contributed by atoms with Crippen molar-refractivity contribution in [3.05, 3.63) is 0 Å². The molecule has 0 aromatic carbocycles. The van der Waals surface area contributed by atoms with E-state index in [1.54, 1.807) is 27.7 Å². The maximum Gasteiger partial charge on any atom is 0.407 e. The van der Waals surface area contributed by atoms with Crippen molar-refractivity contribution in [2.75, 3.05) is 13.1 Å². The molecule has 10 heteroatoms. The first-order chi connectivity index (χ1) is 15.4. The van der Waals surface area contributed by atoms with Crippen LogP contribution in [0.2, 0.25) is 0 Å². The minimum Gasteiger partial charge on any atom is -0.481 e. The van der Waals surface area contributed by atoms with Gasteiger partial charge in [-0.15, -0.1) is 0 Å². The van der Waals surface area contributed by atoms with Gasteiger partial charge in [-0.3, -0.25) is 9.59 Å². The minimum absolute atomic E-state index is 0. The van der Waals surface area contributed by atoms with Crippen LogP contribution in [0.1, 0.15) is 101 Å². The zero-order chi connectivity index (χ0) is 26.9. The number of unbranched alkanes of at least 4 members (excludes halogenated alkanes) is 2. The highest BCUT2D eigenvalue weighted by Gasteiger charge is 2.16. The van der Waals surface area contributed by atoms with Crippen molar-refractivity contribution >= 4 is 24.1 Å². The Labute approximate surface area is 212 Å². The van der Waals surface area contributed by atoms with Crippen LogP contribution in [0.5, 0.6) is 0 Å². The molecule has 0 saturated heterocycles. The summed E-state index contributed by atoms with van der Waals surface area (Å²) in [5, 5.41) is 14.0. The Balaban J connectivity index is -0.000000569. The van der Waals surface area contributed by atoms with Gasteiger partial charge in [-0.25, -0.2) is 9.59 Å². The summed E-state index contributed by atoms with van der Waals surface area (Å²) in [6.45, 7) is 15.4. The lowest BCUT2D eigenvalue weighted by Crippen LogP contribution is -2.33. The van der Waals surface area contributed by atoms with Crippen LogP contribution in [0.25, 0.3) is 0 Å². The van der Waals surface area contributed by atoms with Crippen molar-refractivity contribution in [2.45, 2.75) is 113 Å². The fourth-order valence-corrected chi connectivity index (χ4v) is 2.43. The van der Waals surface area contributed by atoms with Crippen LogP contribution in [0.3, 0.4) is 0 Å². The van der Waals surface area contributed by atoms with Gasteiger partial charge in [0, 0.05) is 19.0 Å². The van der Waals surface area contributed by atoms with Crippen LogP contribution in [0, 0.1) is 11.8 Å². The molecule has 0 aliphatic rings. The number of carbonyl (C=O) groups excluding carboxylic acids is 3. The van der Waals surface area contributed by atoms with Crippen LogP contribution >= 0.6 is 0 Å². The van der Waals surface area contributed by atoms with Crippen molar-refractivity contribution < 1.29 is 33.8 Å². The van der Waals surface area contributed by atoms with Crippen molar-refractivity contribution in [1.82, 2.24) is 10.6 Å². The Morgan fingerprint density at radius 3 is 1.37 bits per heavy atom. The second kappa shape index (κ2) is 18.8. The Morgan fingerprint density at radius 1 is 0.743 bits per heavy atom. The molecule has 208 valence electrons. The van der Waals surface area contributed by atoms with Gasteiger partial charge >= 0.3 is 18.2 Å². The summed E-state index contributed by atoms with van der Waals surface area (Å²) in [4.78, 5) is 43.8. The highest BCUT2D eigenvalue weighted by Crippen LogP contribution is 2.09. The summed E-state index contributed by atoms with van der Waals surface area (Å²) >= 11 is 0. The zero-order valence-electron chi connectivity index (χ0n) is 22.3. The fourth-order valence-electron chi connectivity index (χ4n) is 2.43. The molecule has 35 heavy (non-hydrogen) atoms. The molecular formula is C25H51N3O7. The van der Waals surface area contributed by atoms with Crippen LogP contribution in [0.15, 0.2) is 0 Å². The number of hydrogen-bond acceptors (Lipinski definition) is 6. The SMILES string of the molecule is C.C[C@@H](CCCCNC(=O)OC(C)(C)C)C(=O)O.C[C@@H](CCCCNC(=O)OC(C)(C)C)C(N)=O. The highest BCUT2D eigenvalue weighted by molar-refractivity contribution is 5.76. The summed E-state index contributed by atoms with van der Waals surface area (Å²) in [5.74, 6) is -1.47. The molecule has 5 N–H and O–H groups in total. The van der Waals surface area contributed by atoms with Gasteiger partial charge < -0.3 is 30.9 Å². The summed E-state index contributed by atoms with van der Waals surface area (Å²) in [5.41, 5.74) is 4.19. The molecule has 0 spiro atoms. The van der Waals surface area contributed by atoms with Crippen LogP contribution in [-0.4, -0.2) is 53.5 Å². The van der Waals surface area contributed by atoms with E-state index in [-0.39, 0.29) is 25.2 Å². The number of nitrogens with one attached hydrogen (secondary N) is 2. The first kappa shape index (κ1) is 37.0. The van der Waals surface area contributed by atoms with Gasteiger partial charge in [0.25, 0.3) is 0 Å². The predicted octanol–water partition coefficient (Wildman–Crippen LogP) is 4.84. The van der Waals surface area contributed by atoms with E-state index in [4.69, 9.17) is 20.3 Å². The number of alkyl carbamates (subject to hydrolysis) is 2. The average molecular weight is 506 g/mol. The second-order valence-electron chi connectivity index (χ2n) is 10.4. The molecule has 0 saturated carbocycles. The van der Waals surface area contributed by atoms with Crippen molar-refractivity contribution in [3.63, 3.8) is 0 Å². The third-order valence-corrected chi connectivity index (χ3v) is 4.37. The van der Waals surface area contributed by atoms with E-state index in [0.717, 1.165) is 32.1 Å². The summed E-state index contributed by atoms with van der Waals surface area (Å²) in [6, 6.07) is 0. The Kier molecular flexibility index (Phi) is 19.9. The van der Waals surface area contributed by atoms with Crippen LogP contribution in [-0.2, 0) is 19.1 Å². The van der Waals surface area contributed by atoms with E-state index in [0.29, 0.717) is 19.5 Å². The molecule has 0 bridgehead atoms. The lowest BCUT2D eigenvalue weighted by atomic mass is 10.0. The smallest absolute Gasteiger partial charge is 0.407 e. The van der Waals surface area contributed by atoms with Gasteiger partial charge in [0.2, 0.25) is 5.91 Å². The number of carbonyl (C=O) groups is 4. The number of ether oxygens (including phenoxy) is 2. The number of carboxylic acid groups (broad SMARTS) is 1. The quantitative estimate of drug-likeness (QED) is 0.276. The molecule has 0 rings (SSSR count).